The molecular weight excluding hydrogens is 587 g/mol. The maximum absolute atomic E-state index is 13.4. The third kappa shape index (κ3) is 5.22. The number of rotatable bonds is 5. The largest absolute Gasteiger partial charge is 0.417 e. The molecule has 1 aliphatic carbocycles. The summed E-state index contributed by atoms with van der Waals surface area (Å²) in [6.45, 7) is 2.30. The van der Waals surface area contributed by atoms with Crippen molar-refractivity contribution in [1.82, 2.24) is 19.9 Å². The molecular formula is C25H23ClF3N7O2S2. The molecule has 0 spiro atoms. The van der Waals surface area contributed by atoms with E-state index >= 15 is 0 Å². The Morgan fingerprint density at radius 1 is 1.05 bits per heavy atom. The number of benzene rings is 2. The van der Waals surface area contributed by atoms with Gasteiger partial charge in [0.25, 0.3) is 0 Å². The van der Waals surface area contributed by atoms with Crippen LogP contribution in [0.4, 0.5) is 30.4 Å². The van der Waals surface area contributed by atoms with Gasteiger partial charge in [0.05, 0.1) is 21.2 Å². The van der Waals surface area contributed by atoms with Crippen molar-refractivity contribution in [3.05, 3.63) is 53.3 Å². The molecule has 15 heteroatoms. The molecule has 4 aromatic rings. The Morgan fingerprint density at radius 2 is 1.73 bits per heavy atom. The monoisotopic (exact) mass is 609 g/mol. The maximum atomic E-state index is 13.4. The minimum absolute atomic E-state index is 0.281. The zero-order valence-corrected chi connectivity index (χ0v) is 23.2. The highest BCUT2D eigenvalue weighted by Gasteiger charge is 2.36. The van der Waals surface area contributed by atoms with E-state index in [2.05, 4.69) is 25.0 Å². The number of hydrogen-bond acceptors (Lipinski definition) is 6. The third-order valence-corrected chi connectivity index (χ3v) is 9.53. The molecule has 0 radical (unpaired) electrons. The fourth-order valence-electron chi connectivity index (χ4n) is 4.76. The van der Waals surface area contributed by atoms with Gasteiger partial charge in [-0.15, -0.1) is 0 Å². The van der Waals surface area contributed by atoms with Crippen LogP contribution in [0.1, 0.15) is 18.4 Å². The van der Waals surface area contributed by atoms with Crippen LogP contribution in [0.5, 0.6) is 0 Å². The Kier molecular flexibility index (Phi) is 6.66. The molecule has 2 aromatic carbocycles. The van der Waals surface area contributed by atoms with Gasteiger partial charge >= 0.3 is 6.18 Å². The fourth-order valence-corrected chi connectivity index (χ4v) is 6.72. The summed E-state index contributed by atoms with van der Waals surface area (Å²) < 4.78 is 67.0. The molecule has 1 saturated heterocycles. The van der Waals surface area contributed by atoms with Crippen LogP contribution in [0.15, 0.2) is 42.7 Å². The first-order chi connectivity index (χ1) is 19.0. The molecule has 3 heterocycles. The highest BCUT2D eigenvalue weighted by molar-refractivity contribution is 7.93. The highest BCUT2D eigenvalue weighted by atomic mass is 35.5. The van der Waals surface area contributed by atoms with Crippen LogP contribution in [0.3, 0.4) is 0 Å². The van der Waals surface area contributed by atoms with Crippen LogP contribution >= 0.6 is 23.8 Å². The summed E-state index contributed by atoms with van der Waals surface area (Å²) in [5.74, 6) is 0.606. The van der Waals surface area contributed by atoms with Crippen LogP contribution in [-0.4, -0.2) is 64.8 Å². The molecule has 40 heavy (non-hydrogen) atoms. The number of piperazine rings is 1. The molecule has 6 rings (SSSR count). The average Bonchev–Trinajstić information content (AvgIpc) is 3.71. The molecule has 0 atom stereocenters. The maximum Gasteiger partial charge on any atom is 0.417 e. The standard InChI is InChI=1S/C25H23ClF3N7O2S2/c26-19-11-17-20(12-18(19)25(27,28)29)33-22-21(17)23(31-13-30-22)35-7-9-36(10-8-35)24(39)32-14-1-3-15(4-2-14)34-40(37,38)16-5-6-16/h1-4,11-13,16,34H,5-10H2,(H,32,39)(H,30,31,33). The van der Waals surface area contributed by atoms with Gasteiger partial charge in [-0.05, 0) is 61.5 Å². The number of thiocarbonyl (C=S) groups is 1. The molecule has 1 saturated carbocycles. The number of alkyl halides is 3. The smallest absolute Gasteiger partial charge is 0.352 e. The lowest BCUT2D eigenvalue weighted by Crippen LogP contribution is -2.50. The molecule has 2 aromatic heterocycles. The summed E-state index contributed by atoms with van der Waals surface area (Å²) in [6.07, 6.45) is -1.81. The van der Waals surface area contributed by atoms with Crippen molar-refractivity contribution in [1.29, 1.82) is 0 Å². The fraction of sp³-hybridized carbons (Fsp3) is 0.320. The van der Waals surface area contributed by atoms with E-state index in [0.29, 0.717) is 72.1 Å². The van der Waals surface area contributed by atoms with E-state index in [9.17, 15) is 21.6 Å². The number of nitrogens with zero attached hydrogens (tertiary/aromatic N) is 4. The number of nitrogens with one attached hydrogen (secondary N) is 3. The lowest BCUT2D eigenvalue weighted by atomic mass is 10.1. The second kappa shape index (κ2) is 9.93. The number of sulfonamides is 1. The van der Waals surface area contributed by atoms with Gasteiger partial charge in [-0.2, -0.15) is 13.2 Å². The summed E-state index contributed by atoms with van der Waals surface area (Å²) in [5, 5.41) is 4.16. The highest BCUT2D eigenvalue weighted by Crippen LogP contribution is 2.40. The van der Waals surface area contributed by atoms with E-state index in [1.165, 1.54) is 12.4 Å². The van der Waals surface area contributed by atoms with E-state index < -0.39 is 21.8 Å². The van der Waals surface area contributed by atoms with Crippen LogP contribution in [-0.2, 0) is 16.2 Å². The molecule has 0 unspecified atom stereocenters. The van der Waals surface area contributed by atoms with Crippen molar-refractivity contribution in [3.8, 4) is 0 Å². The van der Waals surface area contributed by atoms with Gasteiger partial charge in [0.15, 0.2) is 5.11 Å². The zero-order chi connectivity index (χ0) is 28.2. The van der Waals surface area contributed by atoms with Gasteiger partial charge in [-0.25, -0.2) is 18.4 Å². The molecule has 2 fully saturated rings. The number of aromatic amines is 1. The van der Waals surface area contributed by atoms with Gasteiger partial charge in [0.2, 0.25) is 10.0 Å². The SMILES string of the molecule is O=S(=O)(Nc1ccc(NC(=S)N2CCN(c3ncnc4[nH]c5cc(C(F)(F)F)c(Cl)cc5c34)CC2)cc1)C1CC1. The molecule has 0 bridgehead atoms. The molecule has 210 valence electrons. The predicted molar refractivity (Wildman–Crippen MR) is 153 cm³/mol. The number of halogens is 4. The Bertz CT molecular complexity index is 1720. The predicted octanol–water partition coefficient (Wildman–Crippen LogP) is 5.21. The number of fused-ring (bicyclic) bond motifs is 3. The van der Waals surface area contributed by atoms with Crippen LogP contribution in [0, 0.1) is 0 Å². The van der Waals surface area contributed by atoms with E-state index in [1.807, 2.05) is 9.80 Å². The second-order valence-electron chi connectivity index (χ2n) is 9.75. The summed E-state index contributed by atoms with van der Waals surface area (Å²) in [7, 11) is -3.33. The zero-order valence-electron chi connectivity index (χ0n) is 20.8. The normalized spacial score (nSPS) is 16.5. The quantitative estimate of drug-likeness (QED) is 0.265. The van der Waals surface area contributed by atoms with Crippen molar-refractivity contribution >= 4 is 78.1 Å². The van der Waals surface area contributed by atoms with Gasteiger partial charge in [-0.3, -0.25) is 4.72 Å². The minimum Gasteiger partial charge on any atom is -0.352 e. The number of aromatic nitrogens is 3. The summed E-state index contributed by atoms with van der Waals surface area (Å²) in [5.41, 5.74) is 1.03. The van der Waals surface area contributed by atoms with Crippen molar-refractivity contribution in [2.24, 2.45) is 0 Å². The molecule has 3 N–H and O–H groups in total. The Labute approximate surface area is 237 Å². The molecule has 1 aliphatic heterocycles. The van der Waals surface area contributed by atoms with E-state index in [1.54, 1.807) is 24.3 Å². The van der Waals surface area contributed by atoms with Crippen LogP contribution in [0.25, 0.3) is 21.9 Å². The number of hydrogen-bond donors (Lipinski definition) is 3. The summed E-state index contributed by atoms with van der Waals surface area (Å²) in [4.78, 5) is 15.7. The first-order valence-electron chi connectivity index (χ1n) is 12.5. The van der Waals surface area contributed by atoms with Crippen LogP contribution < -0.4 is 14.9 Å². The lowest BCUT2D eigenvalue weighted by Gasteiger charge is -2.37. The molecule has 2 aliphatic rings. The Morgan fingerprint density at radius 3 is 2.38 bits per heavy atom. The first-order valence-corrected chi connectivity index (χ1v) is 14.8. The lowest BCUT2D eigenvalue weighted by molar-refractivity contribution is -0.137. The van der Waals surface area contributed by atoms with Crippen molar-refractivity contribution in [2.75, 3.05) is 41.1 Å². The molecule has 9 nitrogen and oxygen atoms in total. The van der Waals surface area contributed by atoms with E-state index in [-0.39, 0.29) is 15.8 Å². The number of anilines is 3. The summed E-state index contributed by atoms with van der Waals surface area (Å²) in [6, 6.07) is 9.21. The summed E-state index contributed by atoms with van der Waals surface area (Å²) >= 11 is 11.6. The van der Waals surface area contributed by atoms with Gasteiger partial charge in [0.1, 0.15) is 17.8 Å². The van der Waals surface area contributed by atoms with Crippen LogP contribution in [0.2, 0.25) is 5.02 Å². The van der Waals surface area contributed by atoms with Crippen molar-refractivity contribution < 1.29 is 21.6 Å². The van der Waals surface area contributed by atoms with E-state index in [4.69, 9.17) is 23.8 Å². The first kappa shape index (κ1) is 26.8. The van der Waals surface area contributed by atoms with Crippen molar-refractivity contribution in [3.63, 3.8) is 0 Å². The molecule has 0 amide bonds. The third-order valence-electron chi connectivity index (χ3n) is 6.99. The van der Waals surface area contributed by atoms with Crippen molar-refractivity contribution in [2.45, 2.75) is 24.3 Å². The Hall–Kier alpha value is -3.36. The van der Waals surface area contributed by atoms with Gasteiger partial charge in [-0.1, -0.05) is 11.6 Å². The topological polar surface area (TPSA) is 106 Å². The Balaban J connectivity index is 1.14. The van der Waals surface area contributed by atoms with Gasteiger partial charge < -0.3 is 20.1 Å². The average molecular weight is 610 g/mol. The van der Waals surface area contributed by atoms with E-state index in [0.717, 1.165) is 11.8 Å². The minimum atomic E-state index is -4.57. The second-order valence-corrected chi connectivity index (χ2v) is 12.5. The number of H-pyrrole nitrogens is 1. The van der Waals surface area contributed by atoms with Gasteiger partial charge in [0, 0.05) is 48.5 Å².